The van der Waals surface area contributed by atoms with Crippen molar-refractivity contribution in [2.24, 2.45) is 0 Å². The smallest absolute Gasteiger partial charge is 0.316 e. The molecule has 0 N–H and O–H groups in total. The van der Waals surface area contributed by atoms with Gasteiger partial charge in [-0.05, 0) is 49.7 Å². The van der Waals surface area contributed by atoms with Crippen LogP contribution < -0.4 is 0 Å². The van der Waals surface area contributed by atoms with Crippen molar-refractivity contribution >= 4 is 32.8 Å². The number of rotatable bonds is 8. The summed E-state index contributed by atoms with van der Waals surface area (Å²) in [5, 5.41) is 0.687. The molecule has 0 aliphatic heterocycles. The van der Waals surface area contributed by atoms with Crippen LogP contribution in [0, 0.1) is 0 Å². The van der Waals surface area contributed by atoms with Crippen molar-refractivity contribution in [3.8, 4) is 0 Å². The Labute approximate surface area is 190 Å². The van der Waals surface area contributed by atoms with Gasteiger partial charge in [0.05, 0.1) is 21.5 Å². The molecule has 0 spiro atoms. The Morgan fingerprint density at radius 3 is 2.22 bits per heavy atom. The monoisotopic (exact) mass is 485 g/mol. The molecule has 174 valence electrons. The minimum atomic E-state index is -4.36. The van der Waals surface area contributed by atoms with Gasteiger partial charge in [-0.15, -0.1) is 0 Å². The summed E-state index contributed by atoms with van der Waals surface area (Å²) < 4.78 is 67.5. The number of sulfonamides is 1. The third-order valence-corrected chi connectivity index (χ3v) is 8.21. The number of benzene rings is 2. The summed E-state index contributed by atoms with van der Waals surface area (Å²) in [7, 11) is -3.60. The topological polar surface area (TPSA) is 55.2 Å². The maximum Gasteiger partial charge on any atom is 0.416 e. The van der Waals surface area contributed by atoms with Gasteiger partial charge in [-0.3, -0.25) is 0 Å². The summed E-state index contributed by atoms with van der Waals surface area (Å²) in [6, 6.07) is 10.1. The fourth-order valence-corrected chi connectivity index (χ4v) is 6.05. The van der Waals surface area contributed by atoms with Crippen molar-refractivity contribution < 1.29 is 21.6 Å². The van der Waals surface area contributed by atoms with Gasteiger partial charge in [-0.25, -0.2) is 13.4 Å². The highest BCUT2D eigenvalue weighted by Crippen LogP contribution is 2.33. The zero-order valence-electron chi connectivity index (χ0n) is 18.3. The Kier molecular flexibility index (Phi) is 7.26. The second kappa shape index (κ2) is 9.44. The normalized spacial score (nSPS) is 12.9. The molecule has 0 fully saturated rings. The lowest BCUT2D eigenvalue weighted by Crippen LogP contribution is -2.30. The molecule has 0 amide bonds. The molecule has 1 heterocycles. The van der Waals surface area contributed by atoms with E-state index in [9.17, 15) is 21.6 Å². The summed E-state index contributed by atoms with van der Waals surface area (Å²) in [5.41, 5.74) is 1.45. The first kappa shape index (κ1) is 24.6. The third kappa shape index (κ3) is 4.97. The van der Waals surface area contributed by atoms with Gasteiger partial charge in [-0.1, -0.05) is 37.7 Å². The van der Waals surface area contributed by atoms with E-state index in [1.807, 2.05) is 18.4 Å². The number of imidazole rings is 1. The van der Waals surface area contributed by atoms with E-state index in [4.69, 9.17) is 0 Å². The summed E-state index contributed by atoms with van der Waals surface area (Å²) in [6.07, 6.45) is -4.36. The number of hydrogen-bond donors (Lipinski definition) is 0. The second-order valence-corrected chi connectivity index (χ2v) is 10.5. The van der Waals surface area contributed by atoms with E-state index >= 15 is 0 Å². The molecule has 0 atom stereocenters. The largest absolute Gasteiger partial charge is 0.416 e. The predicted octanol–water partition coefficient (Wildman–Crippen LogP) is 5.96. The molecule has 3 aromatic rings. The molecule has 0 radical (unpaired) electrons. The highest BCUT2D eigenvalue weighted by molar-refractivity contribution is 7.98. The van der Waals surface area contributed by atoms with Crippen LogP contribution in [-0.4, -0.2) is 35.4 Å². The van der Waals surface area contributed by atoms with Gasteiger partial charge in [0.2, 0.25) is 10.0 Å². The van der Waals surface area contributed by atoms with Crippen LogP contribution in [-0.2, 0) is 22.0 Å². The van der Waals surface area contributed by atoms with Crippen LogP contribution in [0.5, 0.6) is 0 Å². The summed E-state index contributed by atoms with van der Waals surface area (Å²) in [6.45, 7) is 8.36. The van der Waals surface area contributed by atoms with Crippen LogP contribution in [0.1, 0.15) is 44.9 Å². The maximum absolute atomic E-state index is 12.9. The number of halogens is 3. The molecule has 5 nitrogen and oxygen atoms in total. The number of alkyl halides is 3. The highest BCUT2D eigenvalue weighted by Gasteiger charge is 2.30. The number of nitrogens with zero attached hydrogens (tertiary/aromatic N) is 3. The minimum Gasteiger partial charge on any atom is -0.316 e. The van der Waals surface area contributed by atoms with Crippen LogP contribution in [0.2, 0.25) is 0 Å². The van der Waals surface area contributed by atoms with E-state index in [0.717, 1.165) is 23.2 Å². The number of aromatic nitrogens is 2. The Bertz CT molecular complexity index is 1180. The molecular weight excluding hydrogens is 459 g/mol. The van der Waals surface area contributed by atoms with Gasteiger partial charge in [0.1, 0.15) is 0 Å². The molecule has 1 aromatic heterocycles. The van der Waals surface area contributed by atoms with E-state index in [2.05, 4.69) is 4.98 Å². The van der Waals surface area contributed by atoms with Gasteiger partial charge < -0.3 is 4.57 Å². The lowest BCUT2D eigenvalue weighted by Gasteiger charge is -2.18. The number of hydrogen-bond acceptors (Lipinski definition) is 4. The molecule has 32 heavy (non-hydrogen) atoms. The Morgan fingerprint density at radius 2 is 1.69 bits per heavy atom. The molecule has 0 aliphatic carbocycles. The third-order valence-electron chi connectivity index (χ3n) is 5.14. The average Bonchev–Trinajstić information content (AvgIpc) is 3.10. The van der Waals surface area contributed by atoms with Gasteiger partial charge in [0, 0.05) is 24.9 Å². The van der Waals surface area contributed by atoms with E-state index in [-0.39, 0.29) is 10.9 Å². The maximum atomic E-state index is 12.9. The van der Waals surface area contributed by atoms with E-state index < -0.39 is 21.8 Å². The summed E-state index contributed by atoms with van der Waals surface area (Å²) in [4.78, 5) is 4.85. The molecule has 0 aliphatic rings. The zero-order chi connectivity index (χ0) is 23.7. The van der Waals surface area contributed by atoms with Gasteiger partial charge in [-0.2, -0.15) is 17.5 Å². The lowest BCUT2D eigenvalue weighted by molar-refractivity contribution is -0.137. The lowest BCUT2D eigenvalue weighted by atomic mass is 10.1. The first-order valence-corrected chi connectivity index (χ1v) is 12.7. The van der Waals surface area contributed by atoms with E-state index in [1.165, 1.54) is 28.2 Å². The van der Waals surface area contributed by atoms with Crippen molar-refractivity contribution in [1.82, 2.24) is 13.9 Å². The standard InChI is InChI=1S/C22H26F3N3O2S2/c1-5-27(6-2)32(29,30)18-11-12-20-19(13-18)26-21(28(20)15(3)4)31-14-16-7-9-17(10-8-16)22(23,24)25/h7-13,15H,5-6,14H2,1-4H3. The summed E-state index contributed by atoms with van der Waals surface area (Å²) in [5.74, 6) is 0.443. The second-order valence-electron chi connectivity index (χ2n) is 7.58. The van der Waals surface area contributed by atoms with Crippen LogP contribution in [0.15, 0.2) is 52.5 Å². The quantitative estimate of drug-likeness (QED) is 0.370. The van der Waals surface area contributed by atoms with Crippen LogP contribution in [0.3, 0.4) is 0 Å². The van der Waals surface area contributed by atoms with Gasteiger partial charge in [0.25, 0.3) is 0 Å². The number of thioether (sulfide) groups is 1. The fraction of sp³-hybridized carbons (Fsp3) is 0.409. The van der Waals surface area contributed by atoms with Gasteiger partial charge in [0.15, 0.2) is 5.16 Å². The molecule has 3 rings (SSSR count). The van der Waals surface area contributed by atoms with Crippen LogP contribution in [0.25, 0.3) is 11.0 Å². The first-order chi connectivity index (χ1) is 15.0. The van der Waals surface area contributed by atoms with Crippen molar-refractivity contribution in [2.45, 2.75) is 55.7 Å². The average molecular weight is 486 g/mol. The Hall–Kier alpha value is -2.04. The molecule has 0 bridgehead atoms. The van der Waals surface area contributed by atoms with Crippen LogP contribution >= 0.6 is 11.8 Å². The predicted molar refractivity (Wildman–Crippen MR) is 121 cm³/mol. The van der Waals surface area contributed by atoms with E-state index in [1.54, 1.807) is 32.0 Å². The molecule has 0 saturated carbocycles. The molecule has 0 unspecified atom stereocenters. The van der Waals surface area contributed by atoms with Crippen molar-refractivity contribution in [1.29, 1.82) is 0 Å². The van der Waals surface area contributed by atoms with E-state index in [0.29, 0.717) is 29.5 Å². The molecular formula is C22H26F3N3O2S2. The highest BCUT2D eigenvalue weighted by atomic mass is 32.2. The molecule has 2 aromatic carbocycles. The van der Waals surface area contributed by atoms with Crippen molar-refractivity contribution in [2.75, 3.05) is 13.1 Å². The molecule has 10 heteroatoms. The first-order valence-electron chi connectivity index (χ1n) is 10.3. The zero-order valence-corrected chi connectivity index (χ0v) is 20.0. The SMILES string of the molecule is CCN(CC)S(=O)(=O)c1ccc2c(c1)nc(SCc1ccc(C(F)(F)F)cc1)n2C(C)C. The minimum absolute atomic E-state index is 0.0698. The van der Waals surface area contributed by atoms with Gasteiger partial charge >= 0.3 is 6.18 Å². The van der Waals surface area contributed by atoms with Crippen molar-refractivity contribution in [3.63, 3.8) is 0 Å². The molecule has 0 saturated heterocycles. The summed E-state index contributed by atoms with van der Waals surface area (Å²) >= 11 is 1.41. The number of fused-ring (bicyclic) bond motifs is 1. The fourth-order valence-electron chi connectivity index (χ4n) is 3.47. The van der Waals surface area contributed by atoms with Crippen LogP contribution in [0.4, 0.5) is 13.2 Å². The van der Waals surface area contributed by atoms with Crippen molar-refractivity contribution in [3.05, 3.63) is 53.6 Å². The Morgan fingerprint density at radius 1 is 1.06 bits per heavy atom. The Balaban J connectivity index is 1.92.